The van der Waals surface area contributed by atoms with Gasteiger partial charge in [-0.05, 0) is 27.1 Å². The molecule has 0 fully saturated rings. The van der Waals surface area contributed by atoms with Crippen LogP contribution in [-0.2, 0) is 0 Å². The second-order valence-corrected chi connectivity index (χ2v) is 14.6. The number of rotatable bonds is 0. The van der Waals surface area contributed by atoms with Gasteiger partial charge in [0, 0.05) is 0 Å². The topological polar surface area (TPSA) is 0 Å². The van der Waals surface area contributed by atoms with Gasteiger partial charge in [0.1, 0.15) is 0 Å². The van der Waals surface area contributed by atoms with Gasteiger partial charge in [-0.25, -0.2) is 0 Å². The minimum absolute atomic E-state index is 0.306. The third-order valence-electron chi connectivity index (χ3n) is 0.612. The molecule has 0 heterocycles. The highest BCUT2D eigenvalue weighted by molar-refractivity contribution is 4.82. The van der Waals surface area contributed by atoms with Crippen molar-refractivity contribution >= 4 is 0 Å². The van der Waals surface area contributed by atoms with E-state index in [9.17, 15) is 0 Å². The Balaban J connectivity index is -0.0000000708. The maximum Gasteiger partial charge on any atom is -0.0206 e. The molecule has 0 aromatic rings. The third-order valence-corrected chi connectivity index (χ3v) is 0.612. The molecule has 0 heteroatoms. The fraction of sp³-hybridized carbons (Fsp3) is 0.923. The summed E-state index contributed by atoms with van der Waals surface area (Å²) in [6.07, 6.45) is 1.94. The van der Waals surface area contributed by atoms with E-state index < -0.39 is 0 Å². The van der Waals surface area contributed by atoms with Crippen LogP contribution in [0.15, 0.2) is 12.7 Å². The lowest BCUT2D eigenvalue weighted by Crippen LogP contribution is -1.96. The first kappa shape index (κ1) is 36.6. The van der Waals surface area contributed by atoms with Crippen molar-refractivity contribution < 1.29 is 0 Å². The van der Waals surface area contributed by atoms with Crippen molar-refractivity contribution in [1.29, 1.82) is 0 Å². The van der Waals surface area contributed by atoms with Crippen LogP contribution in [0.3, 0.4) is 0 Å². The Morgan fingerprint density at radius 2 is 0.385 bits per heavy atom. The molecule has 0 spiro atoms. The van der Waals surface area contributed by atoms with Crippen molar-refractivity contribution in [2.24, 2.45) is 27.1 Å². The molecule has 0 atom stereocenters. The van der Waals surface area contributed by atoms with Crippen molar-refractivity contribution in [3.05, 3.63) is 12.7 Å². The quantitative estimate of drug-likeness (QED) is 0.371. The van der Waals surface area contributed by atoms with Gasteiger partial charge in [-0.2, -0.15) is 0 Å². The van der Waals surface area contributed by atoms with Crippen molar-refractivity contribution in [1.82, 2.24) is 0 Å². The van der Waals surface area contributed by atoms with Gasteiger partial charge in [0.25, 0.3) is 0 Å². The molecule has 0 aromatic carbocycles. The SMILES string of the molecule is C=CC(C)(C)C.CC(C)(C)C.CC(C)(C)C.CC(C)(C)C.CC(C)(C)C. The van der Waals surface area contributed by atoms with Gasteiger partial charge in [-0.1, -0.05) is 138 Å². The molecule has 0 amide bonds. The van der Waals surface area contributed by atoms with Crippen LogP contribution in [0.25, 0.3) is 0 Å². The van der Waals surface area contributed by atoms with E-state index in [0.717, 1.165) is 0 Å². The summed E-state index contributed by atoms with van der Waals surface area (Å²) in [7, 11) is 0. The number of allylic oxidation sites excluding steroid dienone is 1. The minimum Gasteiger partial charge on any atom is -0.103 e. The van der Waals surface area contributed by atoms with Crippen molar-refractivity contribution in [2.75, 3.05) is 0 Å². The Kier molecular flexibility index (Phi) is 20.8. The predicted molar refractivity (Wildman–Crippen MR) is 130 cm³/mol. The summed E-state index contributed by atoms with van der Waals surface area (Å²) in [6.45, 7) is 45.0. The second kappa shape index (κ2) is 14.8. The standard InChI is InChI=1S/C6H12.4C5H12/c1-5-6(2,3)4;4*1-5(2,3)4/h5H,1H2,2-4H3;4*1-4H3. The molecule has 0 rings (SSSR count). The first-order chi connectivity index (χ1) is 10.6. The average molecular weight is 373 g/mol. The summed E-state index contributed by atoms with van der Waals surface area (Å²) in [5.41, 5.74) is 2.31. The van der Waals surface area contributed by atoms with Crippen LogP contribution < -0.4 is 0 Å². The second-order valence-electron chi connectivity index (χ2n) is 14.6. The first-order valence-electron chi connectivity index (χ1n) is 10.2. The molecular weight excluding hydrogens is 312 g/mol. The summed E-state index contributed by atoms with van der Waals surface area (Å²) in [6, 6.07) is 0. The highest BCUT2D eigenvalue weighted by Crippen LogP contribution is 2.12. The highest BCUT2D eigenvalue weighted by Gasteiger charge is 1.99. The number of hydrogen-bond donors (Lipinski definition) is 0. The molecule has 164 valence electrons. The van der Waals surface area contributed by atoms with E-state index in [1.54, 1.807) is 0 Å². The van der Waals surface area contributed by atoms with Crippen LogP contribution >= 0.6 is 0 Å². The van der Waals surface area contributed by atoms with Gasteiger partial charge < -0.3 is 0 Å². The van der Waals surface area contributed by atoms with E-state index in [2.05, 4.69) is 138 Å². The summed E-state index contributed by atoms with van der Waals surface area (Å²) in [4.78, 5) is 0. The van der Waals surface area contributed by atoms with Gasteiger partial charge in [-0.15, -0.1) is 6.58 Å². The zero-order valence-electron chi connectivity index (χ0n) is 22.8. The van der Waals surface area contributed by atoms with E-state index >= 15 is 0 Å². The van der Waals surface area contributed by atoms with Gasteiger partial charge in [-0.3, -0.25) is 0 Å². The number of hydrogen-bond acceptors (Lipinski definition) is 0. The predicted octanol–water partition coefficient (Wildman–Crippen LogP) is 10.4. The minimum atomic E-state index is 0.306. The van der Waals surface area contributed by atoms with Crippen LogP contribution in [0, 0.1) is 27.1 Å². The Morgan fingerprint density at radius 3 is 0.385 bits per heavy atom. The Hall–Kier alpha value is -0.260. The molecule has 0 radical (unpaired) electrons. The maximum absolute atomic E-state index is 3.63. The normalized spacial score (nSPS) is 11.8. The molecule has 0 bridgehead atoms. The van der Waals surface area contributed by atoms with Gasteiger partial charge in [0.05, 0.1) is 0 Å². The maximum atomic E-state index is 3.63. The Morgan fingerprint density at radius 1 is 0.346 bits per heavy atom. The lowest BCUT2D eigenvalue weighted by molar-refractivity contribution is 0.469. The molecular formula is C26H60. The van der Waals surface area contributed by atoms with E-state index in [1.807, 2.05) is 6.08 Å². The zero-order chi connectivity index (χ0) is 23.2. The fourth-order valence-corrected chi connectivity index (χ4v) is 0. The van der Waals surface area contributed by atoms with Crippen molar-refractivity contribution in [3.8, 4) is 0 Å². The molecule has 0 aromatic heterocycles. The summed E-state index contributed by atoms with van der Waals surface area (Å²) in [5, 5.41) is 0. The fourth-order valence-electron chi connectivity index (χ4n) is 0. The van der Waals surface area contributed by atoms with E-state index in [0.29, 0.717) is 27.1 Å². The van der Waals surface area contributed by atoms with Crippen LogP contribution in [0.4, 0.5) is 0 Å². The van der Waals surface area contributed by atoms with Crippen LogP contribution in [0.5, 0.6) is 0 Å². The molecule has 0 N–H and O–H groups in total. The molecule has 26 heavy (non-hydrogen) atoms. The van der Waals surface area contributed by atoms with Crippen molar-refractivity contribution in [3.63, 3.8) is 0 Å². The van der Waals surface area contributed by atoms with Gasteiger partial charge in [0.2, 0.25) is 0 Å². The summed E-state index contributed by atoms with van der Waals surface area (Å²) >= 11 is 0. The zero-order valence-corrected chi connectivity index (χ0v) is 22.8. The molecule has 0 aliphatic rings. The lowest BCUT2D eigenvalue weighted by Gasteiger charge is -2.08. The van der Waals surface area contributed by atoms with E-state index in [1.165, 1.54) is 0 Å². The van der Waals surface area contributed by atoms with Crippen LogP contribution in [0.2, 0.25) is 0 Å². The van der Waals surface area contributed by atoms with E-state index in [4.69, 9.17) is 0 Å². The molecule has 0 nitrogen and oxygen atoms in total. The summed E-state index contributed by atoms with van der Waals surface area (Å²) < 4.78 is 0. The molecule has 0 aliphatic heterocycles. The molecule has 0 unspecified atom stereocenters. The monoisotopic (exact) mass is 372 g/mol. The van der Waals surface area contributed by atoms with Gasteiger partial charge >= 0.3 is 0 Å². The highest BCUT2D eigenvalue weighted by atomic mass is 14.1. The first-order valence-corrected chi connectivity index (χ1v) is 10.2. The Labute approximate surface area is 171 Å². The van der Waals surface area contributed by atoms with Crippen molar-refractivity contribution in [2.45, 2.75) is 132 Å². The average Bonchev–Trinajstić information content (AvgIpc) is 2.04. The lowest BCUT2D eigenvalue weighted by atomic mass is 9.98. The smallest absolute Gasteiger partial charge is 0.0206 e. The van der Waals surface area contributed by atoms with Gasteiger partial charge in [0.15, 0.2) is 0 Å². The molecule has 0 saturated heterocycles. The summed E-state index contributed by atoms with van der Waals surface area (Å²) in [5.74, 6) is 0. The third kappa shape index (κ3) is 1640. The Bertz CT molecular complexity index is 211. The molecule has 0 aliphatic carbocycles. The van der Waals surface area contributed by atoms with Crippen LogP contribution in [0.1, 0.15) is 132 Å². The molecule has 0 saturated carbocycles. The van der Waals surface area contributed by atoms with Crippen LogP contribution in [-0.4, -0.2) is 0 Å². The van der Waals surface area contributed by atoms with E-state index in [-0.39, 0.29) is 0 Å². The largest absolute Gasteiger partial charge is 0.103 e.